The Morgan fingerprint density at radius 1 is 1.07 bits per heavy atom. The maximum atomic E-state index is 12.8. The first-order chi connectivity index (χ1) is 14.6. The predicted molar refractivity (Wildman–Crippen MR) is 107 cm³/mol. The summed E-state index contributed by atoms with van der Waals surface area (Å²) in [6.45, 7) is 2.43. The summed E-state index contributed by atoms with van der Waals surface area (Å²) in [5.74, 6) is 1.50. The Hall–Kier alpha value is -3.49. The first-order valence-electron chi connectivity index (χ1n) is 10.1. The van der Waals surface area contributed by atoms with Crippen LogP contribution in [0.3, 0.4) is 0 Å². The van der Waals surface area contributed by atoms with Gasteiger partial charge in [0.2, 0.25) is 5.82 Å². The SMILES string of the molecule is Cn1ccc(C(=O)N2C[C@@H]3Cc4nnc(C(=O)NCc5ccccc5)n4C[C@@H]3C2)n1. The summed E-state index contributed by atoms with van der Waals surface area (Å²) in [6, 6.07) is 11.5. The van der Waals surface area contributed by atoms with Crippen LogP contribution in [0.25, 0.3) is 0 Å². The van der Waals surface area contributed by atoms with Gasteiger partial charge < -0.3 is 14.8 Å². The van der Waals surface area contributed by atoms with Crippen LogP contribution in [-0.4, -0.2) is 54.3 Å². The smallest absolute Gasteiger partial charge is 0.289 e. The number of rotatable bonds is 4. The van der Waals surface area contributed by atoms with E-state index in [2.05, 4.69) is 20.6 Å². The average molecular weight is 405 g/mol. The first kappa shape index (κ1) is 18.5. The summed E-state index contributed by atoms with van der Waals surface area (Å²) in [7, 11) is 1.80. The van der Waals surface area contributed by atoms with Crippen LogP contribution in [0.5, 0.6) is 0 Å². The minimum atomic E-state index is -0.226. The Labute approximate surface area is 173 Å². The van der Waals surface area contributed by atoms with Gasteiger partial charge in [-0.2, -0.15) is 5.10 Å². The van der Waals surface area contributed by atoms with Crippen LogP contribution in [0.2, 0.25) is 0 Å². The van der Waals surface area contributed by atoms with Crippen molar-refractivity contribution in [1.29, 1.82) is 0 Å². The Bertz CT molecular complexity index is 1090. The van der Waals surface area contributed by atoms with E-state index in [-0.39, 0.29) is 17.7 Å². The Balaban J connectivity index is 1.26. The molecule has 1 fully saturated rings. The van der Waals surface area contributed by atoms with Gasteiger partial charge >= 0.3 is 0 Å². The molecule has 0 aliphatic carbocycles. The molecule has 2 aliphatic heterocycles. The zero-order valence-electron chi connectivity index (χ0n) is 16.7. The van der Waals surface area contributed by atoms with Crippen molar-refractivity contribution >= 4 is 11.8 Å². The zero-order valence-corrected chi connectivity index (χ0v) is 16.7. The standard InChI is InChI=1S/C21H23N7O2/c1-26-8-7-17(25-26)21(30)27-11-15-9-18-23-24-19(28(18)13-16(15)12-27)20(29)22-10-14-5-3-2-4-6-14/h2-8,15-16H,9-13H2,1H3,(H,22,29)/t15-,16-/m0/s1. The fourth-order valence-electron chi connectivity index (χ4n) is 4.41. The van der Waals surface area contributed by atoms with Gasteiger partial charge in [-0.1, -0.05) is 30.3 Å². The van der Waals surface area contributed by atoms with Crippen LogP contribution in [0.4, 0.5) is 0 Å². The van der Waals surface area contributed by atoms with Crippen LogP contribution in [0.15, 0.2) is 42.6 Å². The largest absolute Gasteiger partial charge is 0.345 e. The van der Waals surface area contributed by atoms with Crippen molar-refractivity contribution < 1.29 is 9.59 Å². The van der Waals surface area contributed by atoms with E-state index in [0.29, 0.717) is 43.6 Å². The topological polar surface area (TPSA) is 97.9 Å². The molecule has 9 heteroatoms. The molecule has 30 heavy (non-hydrogen) atoms. The first-order valence-corrected chi connectivity index (χ1v) is 10.1. The van der Waals surface area contributed by atoms with Gasteiger partial charge in [-0.3, -0.25) is 14.3 Å². The van der Waals surface area contributed by atoms with E-state index < -0.39 is 0 Å². The number of amides is 2. The lowest BCUT2D eigenvalue weighted by Crippen LogP contribution is -2.33. The lowest BCUT2D eigenvalue weighted by atomic mass is 9.89. The number of carbonyl (C=O) groups excluding carboxylic acids is 2. The summed E-state index contributed by atoms with van der Waals surface area (Å²) in [6.07, 6.45) is 2.49. The van der Waals surface area contributed by atoms with Gasteiger partial charge in [0.05, 0.1) is 0 Å². The molecule has 0 saturated carbocycles. The molecule has 3 aromatic rings. The second-order valence-electron chi connectivity index (χ2n) is 8.03. The summed E-state index contributed by atoms with van der Waals surface area (Å²) in [4.78, 5) is 27.3. The van der Waals surface area contributed by atoms with Crippen LogP contribution < -0.4 is 5.32 Å². The quantitative estimate of drug-likeness (QED) is 0.695. The molecule has 1 saturated heterocycles. The lowest BCUT2D eigenvalue weighted by molar-refractivity contribution is 0.0776. The molecule has 2 atom stereocenters. The van der Waals surface area contributed by atoms with E-state index in [0.717, 1.165) is 17.8 Å². The number of benzene rings is 1. The molecule has 1 aromatic carbocycles. The monoisotopic (exact) mass is 405 g/mol. The third-order valence-electron chi connectivity index (χ3n) is 5.98. The third-order valence-corrected chi connectivity index (χ3v) is 5.98. The summed E-state index contributed by atoms with van der Waals surface area (Å²) in [5.41, 5.74) is 1.50. The van der Waals surface area contributed by atoms with Gasteiger partial charge in [0.15, 0.2) is 0 Å². The molecule has 5 rings (SSSR count). The minimum Gasteiger partial charge on any atom is -0.345 e. The Morgan fingerprint density at radius 2 is 1.87 bits per heavy atom. The molecule has 9 nitrogen and oxygen atoms in total. The van der Waals surface area contributed by atoms with Gasteiger partial charge in [0, 0.05) is 45.8 Å². The molecule has 1 N–H and O–H groups in total. The molecule has 2 amide bonds. The number of nitrogens with one attached hydrogen (secondary N) is 1. The molecule has 4 heterocycles. The fraction of sp³-hybridized carbons (Fsp3) is 0.381. The molecule has 0 unspecified atom stereocenters. The highest BCUT2D eigenvalue weighted by Crippen LogP contribution is 2.33. The predicted octanol–water partition coefficient (Wildman–Crippen LogP) is 0.886. The second kappa shape index (κ2) is 7.40. The number of nitrogens with zero attached hydrogens (tertiary/aromatic N) is 6. The van der Waals surface area contributed by atoms with E-state index in [1.165, 1.54) is 0 Å². The van der Waals surface area contributed by atoms with Crippen LogP contribution in [0, 0.1) is 11.8 Å². The molecule has 2 aromatic heterocycles. The molecule has 2 aliphatic rings. The van der Waals surface area contributed by atoms with Gasteiger partial charge in [0.1, 0.15) is 11.5 Å². The van der Waals surface area contributed by atoms with Gasteiger partial charge in [-0.05, 0) is 23.5 Å². The van der Waals surface area contributed by atoms with Crippen molar-refractivity contribution in [3.63, 3.8) is 0 Å². The van der Waals surface area contributed by atoms with Crippen molar-refractivity contribution in [3.8, 4) is 0 Å². The van der Waals surface area contributed by atoms with Gasteiger partial charge in [0.25, 0.3) is 11.8 Å². The minimum absolute atomic E-state index is 0.0402. The van der Waals surface area contributed by atoms with Crippen LogP contribution in [0.1, 0.15) is 32.5 Å². The molecular formula is C21H23N7O2. The number of hydrogen-bond acceptors (Lipinski definition) is 5. The van der Waals surface area contributed by atoms with Gasteiger partial charge in [-0.25, -0.2) is 0 Å². The molecule has 154 valence electrons. The number of aryl methyl sites for hydroxylation is 1. The van der Waals surface area contributed by atoms with E-state index >= 15 is 0 Å². The highest BCUT2D eigenvalue weighted by atomic mass is 16.2. The molecule has 0 radical (unpaired) electrons. The van der Waals surface area contributed by atoms with E-state index in [9.17, 15) is 9.59 Å². The maximum absolute atomic E-state index is 12.8. The summed E-state index contributed by atoms with van der Waals surface area (Å²) in [5, 5.41) is 15.6. The number of fused-ring (bicyclic) bond motifs is 2. The molecule has 0 bridgehead atoms. The normalized spacial score (nSPS) is 20.0. The van der Waals surface area contributed by atoms with Crippen molar-refractivity contribution in [3.05, 3.63) is 65.5 Å². The van der Waals surface area contributed by atoms with E-state index in [1.54, 1.807) is 24.0 Å². The molecular weight excluding hydrogens is 382 g/mol. The lowest BCUT2D eigenvalue weighted by Gasteiger charge is -2.25. The van der Waals surface area contributed by atoms with Crippen LogP contribution >= 0.6 is 0 Å². The highest BCUT2D eigenvalue weighted by molar-refractivity contribution is 5.92. The number of aromatic nitrogens is 5. The maximum Gasteiger partial charge on any atom is 0.289 e. The molecule has 0 spiro atoms. The van der Waals surface area contributed by atoms with Gasteiger partial charge in [-0.15, -0.1) is 10.2 Å². The van der Waals surface area contributed by atoms with Crippen LogP contribution in [-0.2, 0) is 26.6 Å². The average Bonchev–Trinajstić information content (AvgIpc) is 3.48. The third kappa shape index (κ3) is 3.36. The Morgan fingerprint density at radius 3 is 2.63 bits per heavy atom. The van der Waals surface area contributed by atoms with Crippen molar-refractivity contribution in [2.75, 3.05) is 13.1 Å². The summed E-state index contributed by atoms with van der Waals surface area (Å²) >= 11 is 0. The van der Waals surface area contributed by atoms with E-state index in [1.807, 2.05) is 39.8 Å². The van der Waals surface area contributed by atoms with E-state index in [4.69, 9.17) is 0 Å². The number of carbonyl (C=O) groups is 2. The Kier molecular flexibility index (Phi) is 4.57. The zero-order chi connectivity index (χ0) is 20.7. The number of likely N-dealkylation sites (tertiary alicyclic amines) is 1. The van der Waals surface area contributed by atoms with Crippen molar-refractivity contribution in [1.82, 2.24) is 34.8 Å². The summed E-state index contributed by atoms with van der Waals surface area (Å²) < 4.78 is 3.55. The second-order valence-corrected chi connectivity index (χ2v) is 8.03. The van der Waals surface area contributed by atoms with Crippen molar-refractivity contribution in [2.24, 2.45) is 18.9 Å². The number of hydrogen-bond donors (Lipinski definition) is 1. The fourth-order valence-corrected chi connectivity index (χ4v) is 4.41. The highest BCUT2D eigenvalue weighted by Gasteiger charge is 2.41. The van der Waals surface area contributed by atoms with Crippen molar-refractivity contribution in [2.45, 2.75) is 19.5 Å².